The van der Waals surface area contributed by atoms with Crippen LogP contribution < -0.4 is 5.32 Å². The molecular weight excluding hydrogens is 439 g/mol. The van der Waals surface area contributed by atoms with Crippen LogP contribution in [0.4, 0.5) is 0 Å². The zero-order chi connectivity index (χ0) is 22.6. The van der Waals surface area contributed by atoms with E-state index in [4.69, 9.17) is 9.16 Å². The minimum Gasteiger partial charge on any atom is -0.409 e. The van der Waals surface area contributed by atoms with Crippen molar-refractivity contribution in [1.82, 2.24) is 5.32 Å². The maximum absolute atomic E-state index is 7.03. The van der Waals surface area contributed by atoms with Crippen LogP contribution in [0.25, 0.3) is 0 Å². The monoisotopic (exact) mass is 477 g/mol. The zero-order valence-electron chi connectivity index (χ0n) is 20.0. The maximum Gasteiger partial charge on any atom is 0.200 e. The van der Waals surface area contributed by atoms with Crippen LogP contribution >= 0.6 is 23.1 Å². The highest BCUT2D eigenvalue weighted by molar-refractivity contribution is 8.00. The predicted octanol–water partition coefficient (Wildman–Crippen LogP) is 7.48. The molecule has 0 unspecified atom stereocenters. The molecule has 3 nitrogen and oxygen atoms in total. The minimum absolute atomic E-state index is 0.0176. The van der Waals surface area contributed by atoms with Gasteiger partial charge in [0.2, 0.25) is 8.32 Å². The number of ether oxygens (including phenoxy) is 1. The van der Waals surface area contributed by atoms with E-state index < -0.39 is 8.32 Å². The highest BCUT2D eigenvalue weighted by Gasteiger charge is 2.48. The van der Waals surface area contributed by atoms with E-state index in [1.807, 2.05) is 11.8 Å². The van der Waals surface area contributed by atoms with Crippen molar-refractivity contribution in [2.24, 2.45) is 0 Å². The first-order valence-electron chi connectivity index (χ1n) is 11.6. The zero-order valence-corrected chi connectivity index (χ0v) is 22.6. The summed E-state index contributed by atoms with van der Waals surface area (Å²) in [6.45, 7) is 17.2. The molecule has 172 valence electrons. The van der Waals surface area contributed by atoms with Crippen LogP contribution in [0.15, 0.2) is 52.7 Å². The van der Waals surface area contributed by atoms with Gasteiger partial charge in [0.05, 0.1) is 11.4 Å². The molecule has 3 rings (SSSR count). The van der Waals surface area contributed by atoms with E-state index in [9.17, 15) is 0 Å². The predicted molar refractivity (Wildman–Crippen MR) is 138 cm³/mol. The first-order chi connectivity index (χ1) is 14.8. The standard InChI is InChI=1S/C25H39NO2S2Si/c1-17(2)31(18(3)4,19(5)6)28-20(7)25-26-16-23(30-21-12-9-8-10-13-21)24(27-25)22-14-11-15-29-22/h8-15,17-20,23-26H,16H2,1-7H3/t20-,23-,24+,25-/m0/s1. The Labute approximate surface area is 198 Å². The topological polar surface area (TPSA) is 30.5 Å². The van der Waals surface area contributed by atoms with Gasteiger partial charge >= 0.3 is 0 Å². The summed E-state index contributed by atoms with van der Waals surface area (Å²) in [7, 11) is -1.96. The summed E-state index contributed by atoms with van der Waals surface area (Å²) in [5.41, 5.74) is 1.69. The van der Waals surface area contributed by atoms with Crippen molar-refractivity contribution in [3.63, 3.8) is 0 Å². The summed E-state index contributed by atoms with van der Waals surface area (Å²) in [6, 6.07) is 15.0. The van der Waals surface area contributed by atoms with E-state index >= 15 is 0 Å². The van der Waals surface area contributed by atoms with Crippen molar-refractivity contribution in [3.8, 4) is 0 Å². The largest absolute Gasteiger partial charge is 0.409 e. The maximum atomic E-state index is 7.03. The van der Waals surface area contributed by atoms with Gasteiger partial charge in [-0.3, -0.25) is 5.32 Å². The van der Waals surface area contributed by atoms with Gasteiger partial charge in [0.15, 0.2) is 0 Å². The fourth-order valence-corrected chi connectivity index (χ4v) is 12.9. The van der Waals surface area contributed by atoms with Gasteiger partial charge in [0.1, 0.15) is 12.3 Å². The van der Waals surface area contributed by atoms with Crippen LogP contribution in [0.2, 0.25) is 16.6 Å². The van der Waals surface area contributed by atoms with Gasteiger partial charge in [-0.2, -0.15) is 0 Å². The molecule has 0 saturated carbocycles. The van der Waals surface area contributed by atoms with Crippen LogP contribution in [0.3, 0.4) is 0 Å². The Hall–Kier alpha value is -0.633. The van der Waals surface area contributed by atoms with Gasteiger partial charge in [0.25, 0.3) is 0 Å². The van der Waals surface area contributed by atoms with E-state index in [2.05, 4.69) is 102 Å². The number of nitrogens with one attached hydrogen (secondary N) is 1. The molecule has 4 atom stereocenters. The van der Waals surface area contributed by atoms with Crippen LogP contribution in [0, 0.1) is 0 Å². The van der Waals surface area contributed by atoms with Gasteiger partial charge in [-0.25, -0.2) is 0 Å². The Bertz CT molecular complexity index is 760. The lowest BCUT2D eigenvalue weighted by Crippen LogP contribution is -2.57. The Morgan fingerprint density at radius 2 is 1.61 bits per heavy atom. The second-order valence-electron chi connectivity index (χ2n) is 9.51. The molecule has 1 aromatic carbocycles. The molecule has 1 N–H and O–H groups in total. The quantitative estimate of drug-likeness (QED) is 0.379. The summed E-state index contributed by atoms with van der Waals surface area (Å²) >= 11 is 3.69. The third kappa shape index (κ3) is 5.65. The summed E-state index contributed by atoms with van der Waals surface area (Å²) in [6.07, 6.45) is -0.0115. The second-order valence-corrected chi connectivity index (χ2v) is 17.2. The third-order valence-electron chi connectivity index (χ3n) is 6.53. The van der Waals surface area contributed by atoms with E-state index in [1.54, 1.807) is 11.3 Å². The lowest BCUT2D eigenvalue weighted by molar-refractivity contribution is -0.106. The van der Waals surface area contributed by atoms with Crippen molar-refractivity contribution < 1.29 is 9.16 Å². The average molecular weight is 478 g/mol. The number of rotatable bonds is 9. The van der Waals surface area contributed by atoms with Crippen molar-refractivity contribution in [1.29, 1.82) is 0 Å². The molecule has 2 heterocycles. The lowest BCUT2D eigenvalue weighted by atomic mass is 10.1. The summed E-state index contributed by atoms with van der Waals surface area (Å²) in [5, 5.41) is 6.15. The molecular formula is C25H39NO2S2Si. The van der Waals surface area contributed by atoms with Gasteiger partial charge in [0, 0.05) is 16.3 Å². The fraction of sp³-hybridized carbons (Fsp3) is 0.600. The van der Waals surface area contributed by atoms with Crippen LogP contribution in [-0.4, -0.2) is 32.4 Å². The third-order valence-corrected chi connectivity index (χ3v) is 14.9. The Morgan fingerprint density at radius 1 is 0.968 bits per heavy atom. The van der Waals surface area contributed by atoms with E-state index in [0.29, 0.717) is 21.9 Å². The summed E-state index contributed by atoms with van der Waals surface area (Å²) in [5.74, 6) is 0. The molecule has 2 aromatic rings. The number of hydrogen-bond acceptors (Lipinski definition) is 5. The van der Waals surface area contributed by atoms with Gasteiger partial charge in [-0.15, -0.1) is 23.1 Å². The Balaban J connectivity index is 1.77. The smallest absolute Gasteiger partial charge is 0.200 e. The van der Waals surface area contributed by atoms with Crippen LogP contribution in [0.1, 0.15) is 59.4 Å². The minimum atomic E-state index is -1.96. The number of thiophene rings is 1. The molecule has 31 heavy (non-hydrogen) atoms. The van der Waals surface area contributed by atoms with Crippen molar-refractivity contribution in [3.05, 3.63) is 52.7 Å². The van der Waals surface area contributed by atoms with Gasteiger partial charge in [-0.05, 0) is 47.1 Å². The number of benzene rings is 1. The van der Waals surface area contributed by atoms with Gasteiger partial charge < -0.3 is 9.16 Å². The van der Waals surface area contributed by atoms with E-state index in [-0.39, 0.29) is 18.4 Å². The molecule has 0 amide bonds. The highest BCUT2D eigenvalue weighted by atomic mass is 32.2. The molecule has 1 saturated heterocycles. The first kappa shape index (κ1) is 25.0. The molecule has 1 aliphatic heterocycles. The SMILES string of the molecule is CC(C)[Si](O[C@@H](C)[C@H]1NC[C@H](Sc2ccccc2)[C@@H](c2cccs2)O1)(C(C)C)C(C)C. The Kier molecular flexibility index (Phi) is 8.86. The molecule has 6 heteroatoms. The molecule has 0 radical (unpaired) electrons. The molecule has 0 spiro atoms. The lowest BCUT2D eigenvalue weighted by Gasteiger charge is -2.47. The normalized spacial score (nSPS) is 23.6. The second kappa shape index (κ2) is 11.0. The summed E-state index contributed by atoms with van der Waals surface area (Å²) in [4.78, 5) is 2.58. The molecule has 1 aliphatic rings. The molecule has 1 fully saturated rings. The van der Waals surface area contributed by atoms with E-state index in [1.165, 1.54) is 9.77 Å². The summed E-state index contributed by atoms with van der Waals surface area (Å²) < 4.78 is 13.8. The molecule has 1 aromatic heterocycles. The fourth-order valence-electron chi connectivity index (χ4n) is 5.18. The van der Waals surface area contributed by atoms with Crippen LogP contribution in [0.5, 0.6) is 0 Å². The van der Waals surface area contributed by atoms with Crippen molar-refractivity contribution in [2.75, 3.05) is 6.54 Å². The van der Waals surface area contributed by atoms with Gasteiger partial charge in [-0.1, -0.05) is 65.8 Å². The van der Waals surface area contributed by atoms with Crippen molar-refractivity contribution >= 4 is 31.4 Å². The Morgan fingerprint density at radius 3 is 2.16 bits per heavy atom. The van der Waals surface area contributed by atoms with E-state index in [0.717, 1.165) is 6.54 Å². The average Bonchev–Trinajstić information content (AvgIpc) is 3.26. The number of hydrogen-bond donors (Lipinski definition) is 1. The highest BCUT2D eigenvalue weighted by Crippen LogP contribution is 2.44. The van der Waals surface area contributed by atoms with Crippen molar-refractivity contribution in [2.45, 2.75) is 93.7 Å². The van der Waals surface area contributed by atoms with Crippen LogP contribution in [-0.2, 0) is 9.16 Å². The molecule has 0 aliphatic carbocycles. The first-order valence-corrected chi connectivity index (χ1v) is 15.5. The number of thioether (sulfide) groups is 1. The molecule has 0 bridgehead atoms.